The summed E-state index contributed by atoms with van der Waals surface area (Å²) in [5.41, 5.74) is 6.44. The normalized spacial score (nSPS) is 23.0. The smallest absolute Gasteiger partial charge is 0.335 e. The van der Waals surface area contributed by atoms with Gasteiger partial charge in [0, 0.05) is 16.6 Å². The summed E-state index contributed by atoms with van der Waals surface area (Å²) >= 11 is 3.41. The number of ether oxygens (including phenoxy) is 2. The highest BCUT2D eigenvalue weighted by molar-refractivity contribution is 9.10. The molecule has 1 aromatic carbocycles. The van der Waals surface area contributed by atoms with Crippen molar-refractivity contribution in [2.75, 3.05) is 6.54 Å². The summed E-state index contributed by atoms with van der Waals surface area (Å²) in [6.07, 6.45) is 1.05. The van der Waals surface area contributed by atoms with Gasteiger partial charge in [0.2, 0.25) is 0 Å². The second-order valence-electron chi connectivity index (χ2n) is 4.26. The summed E-state index contributed by atoms with van der Waals surface area (Å²) in [4.78, 5) is 11.8. The fraction of sp³-hybridized carbons (Fsp3) is 0.462. The van der Waals surface area contributed by atoms with Gasteiger partial charge in [-0.25, -0.2) is 4.79 Å². The third-order valence-electron chi connectivity index (χ3n) is 2.96. The molecule has 0 bridgehead atoms. The summed E-state index contributed by atoms with van der Waals surface area (Å²) < 4.78 is 11.7. The number of esters is 1. The summed E-state index contributed by atoms with van der Waals surface area (Å²) in [5.74, 6) is -0.304. The van der Waals surface area contributed by atoms with Crippen LogP contribution in [0.2, 0.25) is 0 Å². The van der Waals surface area contributed by atoms with E-state index in [0.29, 0.717) is 13.0 Å². The molecule has 1 fully saturated rings. The van der Waals surface area contributed by atoms with Gasteiger partial charge in [0.25, 0.3) is 0 Å². The van der Waals surface area contributed by atoms with Gasteiger partial charge >= 0.3 is 5.97 Å². The molecule has 0 amide bonds. The van der Waals surface area contributed by atoms with Gasteiger partial charge in [0.15, 0.2) is 6.10 Å². The Morgan fingerprint density at radius 3 is 2.89 bits per heavy atom. The van der Waals surface area contributed by atoms with E-state index in [-0.39, 0.29) is 18.7 Å². The molecule has 2 atom stereocenters. The Labute approximate surface area is 115 Å². The SMILES string of the molecule is NCC1CCC(C(=O)OCc2ccccc2Br)O1. The van der Waals surface area contributed by atoms with Gasteiger partial charge in [-0.2, -0.15) is 0 Å². The highest BCUT2D eigenvalue weighted by Crippen LogP contribution is 2.21. The lowest BCUT2D eigenvalue weighted by Gasteiger charge is -2.12. The summed E-state index contributed by atoms with van der Waals surface area (Å²) in [7, 11) is 0. The first-order chi connectivity index (χ1) is 8.70. The lowest BCUT2D eigenvalue weighted by atomic mass is 10.2. The van der Waals surface area contributed by atoms with Crippen LogP contribution in [0.5, 0.6) is 0 Å². The third kappa shape index (κ3) is 3.31. The van der Waals surface area contributed by atoms with Crippen molar-refractivity contribution < 1.29 is 14.3 Å². The van der Waals surface area contributed by atoms with Gasteiger partial charge in [0.05, 0.1) is 6.10 Å². The molecule has 1 aromatic rings. The fourth-order valence-electron chi connectivity index (χ4n) is 1.91. The van der Waals surface area contributed by atoms with Crippen molar-refractivity contribution in [1.82, 2.24) is 0 Å². The minimum absolute atomic E-state index is 0.00832. The molecule has 0 spiro atoms. The molecule has 1 heterocycles. The van der Waals surface area contributed by atoms with E-state index >= 15 is 0 Å². The van der Waals surface area contributed by atoms with E-state index in [1.54, 1.807) is 0 Å². The van der Waals surface area contributed by atoms with Crippen molar-refractivity contribution >= 4 is 21.9 Å². The first kappa shape index (κ1) is 13.5. The molecule has 98 valence electrons. The average Bonchev–Trinajstić information content (AvgIpc) is 2.86. The molecule has 18 heavy (non-hydrogen) atoms. The van der Waals surface area contributed by atoms with Crippen molar-refractivity contribution in [2.45, 2.75) is 31.7 Å². The van der Waals surface area contributed by atoms with Gasteiger partial charge in [-0.05, 0) is 18.9 Å². The lowest BCUT2D eigenvalue weighted by molar-refractivity contribution is -0.157. The number of rotatable bonds is 4. The van der Waals surface area contributed by atoms with Gasteiger partial charge in [0.1, 0.15) is 6.61 Å². The zero-order chi connectivity index (χ0) is 13.0. The summed E-state index contributed by atoms with van der Waals surface area (Å²) in [5, 5.41) is 0. The average molecular weight is 314 g/mol. The van der Waals surface area contributed by atoms with Crippen LogP contribution >= 0.6 is 15.9 Å². The Bertz CT molecular complexity index is 424. The van der Waals surface area contributed by atoms with Crippen LogP contribution in [0.3, 0.4) is 0 Å². The van der Waals surface area contributed by atoms with Crippen molar-refractivity contribution in [3.8, 4) is 0 Å². The van der Waals surface area contributed by atoms with E-state index in [2.05, 4.69) is 15.9 Å². The van der Waals surface area contributed by atoms with E-state index in [9.17, 15) is 4.79 Å². The molecular weight excluding hydrogens is 298 g/mol. The first-order valence-corrected chi connectivity index (χ1v) is 6.75. The van der Waals surface area contributed by atoms with Crippen molar-refractivity contribution in [1.29, 1.82) is 0 Å². The molecule has 2 N–H and O–H groups in total. The van der Waals surface area contributed by atoms with E-state index in [4.69, 9.17) is 15.2 Å². The number of carbonyl (C=O) groups excluding carboxylic acids is 1. The Balaban J connectivity index is 1.84. The zero-order valence-corrected chi connectivity index (χ0v) is 11.6. The maximum absolute atomic E-state index is 11.8. The topological polar surface area (TPSA) is 61.6 Å². The predicted molar refractivity (Wildman–Crippen MR) is 70.9 cm³/mol. The lowest BCUT2D eigenvalue weighted by Crippen LogP contribution is -2.26. The van der Waals surface area contributed by atoms with E-state index in [1.165, 1.54) is 0 Å². The molecule has 0 aromatic heterocycles. The van der Waals surface area contributed by atoms with Crippen molar-refractivity contribution in [3.05, 3.63) is 34.3 Å². The minimum atomic E-state index is -0.457. The van der Waals surface area contributed by atoms with Crippen LogP contribution in [-0.2, 0) is 20.9 Å². The number of hydrogen-bond donors (Lipinski definition) is 1. The van der Waals surface area contributed by atoms with Crippen LogP contribution in [0.1, 0.15) is 18.4 Å². The Morgan fingerprint density at radius 1 is 1.44 bits per heavy atom. The highest BCUT2D eigenvalue weighted by Gasteiger charge is 2.31. The Kier molecular flexibility index (Phi) is 4.74. The summed E-state index contributed by atoms with van der Waals surface area (Å²) in [6, 6.07) is 7.65. The standard InChI is InChI=1S/C13H16BrNO3/c14-11-4-2-1-3-9(11)8-17-13(16)12-6-5-10(7-15)18-12/h1-4,10,12H,5-8,15H2. The van der Waals surface area contributed by atoms with Crippen LogP contribution < -0.4 is 5.73 Å². The molecule has 1 aliphatic heterocycles. The quantitative estimate of drug-likeness (QED) is 0.864. The molecular formula is C13H16BrNO3. The first-order valence-electron chi connectivity index (χ1n) is 5.96. The highest BCUT2D eigenvalue weighted by atomic mass is 79.9. The van der Waals surface area contributed by atoms with Gasteiger partial charge in [-0.3, -0.25) is 0 Å². The van der Waals surface area contributed by atoms with E-state index in [1.807, 2.05) is 24.3 Å². The fourth-order valence-corrected chi connectivity index (χ4v) is 2.31. The maximum atomic E-state index is 11.8. The second kappa shape index (κ2) is 6.31. The number of carbonyl (C=O) groups is 1. The predicted octanol–water partition coefficient (Wildman–Crippen LogP) is 2.00. The van der Waals surface area contributed by atoms with Crippen LogP contribution in [-0.4, -0.2) is 24.7 Å². The van der Waals surface area contributed by atoms with E-state index < -0.39 is 6.10 Å². The van der Waals surface area contributed by atoms with Gasteiger partial charge < -0.3 is 15.2 Å². The van der Waals surface area contributed by atoms with Crippen LogP contribution in [0.15, 0.2) is 28.7 Å². The molecule has 0 saturated carbocycles. The van der Waals surface area contributed by atoms with Crippen molar-refractivity contribution in [2.24, 2.45) is 5.73 Å². The molecule has 4 nitrogen and oxygen atoms in total. The molecule has 1 saturated heterocycles. The van der Waals surface area contributed by atoms with Crippen molar-refractivity contribution in [3.63, 3.8) is 0 Å². The molecule has 0 radical (unpaired) electrons. The van der Waals surface area contributed by atoms with Crippen LogP contribution in [0.25, 0.3) is 0 Å². The van der Waals surface area contributed by atoms with Gasteiger partial charge in [-0.15, -0.1) is 0 Å². The number of hydrogen-bond acceptors (Lipinski definition) is 4. The second-order valence-corrected chi connectivity index (χ2v) is 5.11. The van der Waals surface area contributed by atoms with Crippen LogP contribution in [0, 0.1) is 0 Å². The molecule has 5 heteroatoms. The van der Waals surface area contributed by atoms with Gasteiger partial charge in [-0.1, -0.05) is 34.1 Å². The minimum Gasteiger partial charge on any atom is -0.459 e. The monoisotopic (exact) mass is 313 g/mol. The Morgan fingerprint density at radius 2 is 2.22 bits per heavy atom. The van der Waals surface area contributed by atoms with Crippen LogP contribution in [0.4, 0.5) is 0 Å². The number of nitrogens with two attached hydrogens (primary N) is 1. The summed E-state index contributed by atoms with van der Waals surface area (Å²) in [6.45, 7) is 0.710. The number of halogens is 1. The maximum Gasteiger partial charge on any atom is 0.335 e. The largest absolute Gasteiger partial charge is 0.459 e. The Hall–Kier alpha value is -0.910. The molecule has 2 rings (SSSR count). The third-order valence-corrected chi connectivity index (χ3v) is 3.73. The van der Waals surface area contributed by atoms with E-state index in [0.717, 1.165) is 16.5 Å². The molecule has 0 aliphatic carbocycles. The molecule has 1 aliphatic rings. The zero-order valence-electron chi connectivity index (χ0n) is 9.97. The number of benzene rings is 1. The molecule has 2 unspecified atom stereocenters.